The van der Waals surface area contributed by atoms with E-state index in [-0.39, 0.29) is 11.9 Å². The predicted molar refractivity (Wildman–Crippen MR) is 73.1 cm³/mol. The number of aromatic nitrogens is 2. The van der Waals surface area contributed by atoms with Crippen LogP contribution < -0.4 is 10.6 Å². The number of hydrogen-bond donors (Lipinski definition) is 2. The molecule has 2 N–H and O–H groups in total. The zero-order valence-corrected chi connectivity index (χ0v) is 11.0. The highest BCUT2D eigenvalue weighted by Gasteiger charge is 2.12. The number of amides is 1. The molecule has 0 saturated heterocycles. The second-order valence-electron chi connectivity index (χ2n) is 4.08. The Morgan fingerprint density at radius 2 is 2.11 bits per heavy atom. The third kappa shape index (κ3) is 3.04. The summed E-state index contributed by atoms with van der Waals surface area (Å²) in [4.78, 5) is 12.1. The molecule has 2 aromatic rings. The molecule has 0 atom stereocenters. The molecule has 94 valence electrons. The Hall–Kier alpha value is -1.95. The van der Waals surface area contributed by atoms with E-state index in [1.165, 1.54) is 6.20 Å². The molecule has 0 unspecified atom stereocenters. The first kappa shape index (κ1) is 12.5. The van der Waals surface area contributed by atoms with E-state index in [2.05, 4.69) is 20.2 Å². The van der Waals surface area contributed by atoms with Gasteiger partial charge in [0.05, 0.1) is 11.8 Å². The van der Waals surface area contributed by atoms with Crippen LogP contribution in [0.1, 0.15) is 24.2 Å². The number of para-hydroxylation sites is 1. The summed E-state index contributed by atoms with van der Waals surface area (Å²) in [6, 6.07) is 7.68. The van der Waals surface area contributed by atoms with Crippen LogP contribution in [-0.2, 0) is 0 Å². The molecule has 1 aromatic carbocycles. The lowest BCUT2D eigenvalue weighted by atomic mass is 10.1. The Balaban J connectivity index is 2.19. The average molecular weight is 262 g/mol. The van der Waals surface area contributed by atoms with E-state index in [9.17, 15) is 4.79 Å². The van der Waals surface area contributed by atoms with Gasteiger partial charge < -0.3 is 10.6 Å². The number of nitrogens with zero attached hydrogens (tertiary/aromatic N) is 2. The SMILES string of the molecule is CC(C)Nc1ccccc1C(=O)Nc1cnns1. The van der Waals surface area contributed by atoms with Crippen LogP contribution >= 0.6 is 11.5 Å². The van der Waals surface area contributed by atoms with Crippen LogP contribution in [-0.4, -0.2) is 21.5 Å². The second-order valence-corrected chi connectivity index (χ2v) is 4.87. The van der Waals surface area contributed by atoms with Gasteiger partial charge in [-0.1, -0.05) is 16.6 Å². The molecule has 0 spiro atoms. The molecule has 2 rings (SSSR count). The van der Waals surface area contributed by atoms with Gasteiger partial charge in [0.15, 0.2) is 0 Å². The zero-order valence-electron chi connectivity index (χ0n) is 10.2. The van der Waals surface area contributed by atoms with Gasteiger partial charge in [-0.2, -0.15) is 0 Å². The Morgan fingerprint density at radius 1 is 1.33 bits per heavy atom. The molecule has 1 heterocycles. The first-order valence-electron chi connectivity index (χ1n) is 5.61. The Kier molecular flexibility index (Phi) is 3.88. The number of hydrogen-bond acceptors (Lipinski definition) is 5. The van der Waals surface area contributed by atoms with E-state index in [0.29, 0.717) is 10.6 Å². The number of carbonyl (C=O) groups is 1. The maximum atomic E-state index is 12.1. The first-order chi connectivity index (χ1) is 8.66. The number of carbonyl (C=O) groups excluding carboxylic acids is 1. The largest absolute Gasteiger partial charge is 0.382 e. The molecular weight excluding hydrogens is 248 g/mol. The lowest BCUT2D eigenvalue weighted by Crippen LogP contribution is -2.17. The maximum Gasteiger partial charge on any atom is 0.258 e. The van der Waals surface area contributed by atoms with Crippen molar-refractivity contribution in [1.29, 1.82) is 0 Å². The summed E-state index contributed by atoms with van der Waals surface area (Å²) in [5, 5.41) is 10.3. The van der Waals surface area contributed by atoms with Crippen LogP contribution in [0.25, 0.3) is 0 Å². The molecule has 0 aliphatic carbocycles. The third-order valence-electron chi connectivity index (χ3n) is 2.21. The molecule has 18 heavy (non-hydrogen) atoms. The van der Waals surface area contributed by atoms with E-state index in [0.717, 1.165) is 17.2 Å². The Labute approximate surface area is 109 Å². The topological polar surface area (TPSA) is 66.9 Å². The minimum Gasteiger partial charge on any atom is -0.382 e. The molecule has 0 radical (unpaired) electrons. The molecule has 5 nitrogen and oxygen atoms in total. The van der Waals surface area contributed by atoms with E-state index < -0.39 is 0 Å². The summed E-state index contributed by atoms with van der Waals surface area (Å²) in [6.45, 7) is 4.06. The van der Waals surface area contributed by atoms with Crippen molar-refractivity contribution >= 4 is 28.1 Å². The highest BCUT2D eigenvalue weighted by molar-refractivity contribution is 7.10. The van der Waals surface area contributed by atoms with Gasteiger partial charge >= 0.3 is 0 Å². The van der Waals surface area contributed by atoms with Crippen LogP contribution in [0.3, 0.4) is 0 Å². The normalized spacial score (nSPS) is 10.4. The van der Waals surface area contributed by atoms with Crippen molar-refractivity contribution in [2.75, 3.05) is 10.6 Å². The van der Waals surface area contributed by atoms with Gasteiger partial charge in [-0.15, -0.1) is 5.10 Å². The number of anilines is 2. The molecule has 0 bridgehead atoms. The van der Waals surface area contributed by atoms with Gasteiger partial charge in [-0.25, -0.2) is 0 Å². The van der Waals surface area contributed by atoms with Crippen molar-refractivity contribution in [1.82, 2.24) is 9.59 Å². The van der Waals surface area contributed by atoms with Crippen LogP contribution in [0.15, 0.2) is 30.5 Å². The van der Waals surface area contributed by atoms with Gasteiger partial charge in [0.25, 0.3) is 5.91 Å². The van der Waals surface area contributed by atoms with E-state index in [1.54, 1.807) is 6.07 Å². The summed E-state index contributed by atoms with van der Waals surface area (Å²) in [5.41, 5.74) is 1.43. The predicted octanol–water partition coefficient (Wildman–Crippen LogP) is 2.61. The number of nitrogens with one attached hydrogen (secondary N) is 2. The summed E-state index contributed by atoms with van der Waals surface area (Å²) >= 11 is 1.15. The second kappa shape index (κ2) is 5.59. The Morgan fingerprint density at radius 3 is 2.78 bits per heavy atom. The summed E-state index contributed by atoms with van der Waals surface area (Å²) in [5.74, 6) is -0.162. The fourth-order valence-corrected chi connectivity index (χ4v) is 1.93. The van der Waals surface area contributed by atoms with Gasteiger partial charge in [-0.3, -0.25) is 4.79 Å². The lowest BCUT2D eigenvalue weighted by Gasteiger charge is -2.13. The fourth-order valence-electron chi connectivity index (χ4n) is 1.52. The van der Waals surface area contributed by atoms with Crippen molar-refractivity contribution in [2.45, 2.75) is 19.9 Å². The monoisotopic (exact) mass is 262 g/mol. The quantitative estimate of drug-likeness (QED) is 0.888. The maximum absolute atomic E-state index is 12.1. The third-order valence-corrected chi connectivity index (χ3v) is 2.79. The van der Waals surface area contributed by atoms with Gasteiger partial charge in [0.1, 0.15) is 5.00 Å². The highest BCUT2D eigenvalue weighted by Crippen LogP contribution is 2.18. The molecule has 1 amide bonds. The lowest BCUT2D eigenvalue weighted by molar-refractivity contribution is 0.102. The summed E-state index contributed by atoms with van der Waals surface area (Å²) in [6.07, 6.45) is 1.53. The van der Waals surface area contributed by atoms with E-state index in [1.807, 2.05) is 32.0 Å². The molecule has 0 aliphatic heterocycles. The highest BCUT2D eigenvalue weighted by atomic mass is 32.1. The number of rotatable bonds is 4. The molecule has 1 aromatic heterocycles. The van der Waals surface area contributed by atoms with E-state index >= 15 is 0 Å². The molecule has 6 heteroatoms. The van der Waals surface area contributed by atoms with Gasteiger partial charge in [-0.05, 0) is 26.0 Å². The average Bonchev–Trinajstić information content (AvgIpc) is 2.81. The Bertz CT molecular complexity index is 525. The van der Waals surface area contributed by atoms with Gasteiger partial charge in [0.2, 0.25) is 0 Å². The van der Waals surface area contributed by atoms with Crippen LogP contribution in [0.5, 0.6) is 0 Å². The number of benzene rings is 1. The van der Waals surface area contributed by atoms with Crippen LogP contribution in [0, 0.1) is 0 Å². The van der Waals surface area contributed by atoms with Crippen molar-refractivity contribution in [3.8, 4) is 0 Å². The minimum atomic E-state index is -0.162. The molecular formula is C12H14N4OS. The summed E-state index contributed by atoms with van der Waals surface area (Å²) < 4.78 is 3.70. The van der Waals surface area contributed by atoms with Crippen molar-refractivity contribution < 1.29 is 4.79 Å². The molecule has 0 fully saturated rings. The van der Waals surface area contributed by atoms with Crippen LogP contribution in [0.4, 0.5) is 10.7 Å². The van der Waals surface area contributed by atoms with Crippen molar-refractivity contribution in [3.63, 3.8) is 0 Å². The fraction of sp³-hybridized carbons (Fsp3) is 0.250. The molecule has 0 saturated carbocycles. The van der Waals surface area contributed by atoms with Crippen molar-refractivity contribution in [2.24, 2.45) is 0 Å². The van der Waals surface area contributed by atoms with E-state index in [4.69, 9.17) is 0 Å². The van der Waals surface area contributed by atoms with Crippen LogP contribution in [0.2, 0.25) is 0 Å². The minimum absolute atomic E-state index is 0.162. The molecule has 0 aliphatic rings. The smallest absolute Gasteiger partial charge is 0.258 e. The first-order valence-corrected chi connectivity index (χ1v) is 6.38. The summed E-state index contributed by atoms with van der Waals surface area (Å²) in [7, 11) is 0. The van der Waals surface area contributed by atoms with Gasteiger partial charge in [0, 0.05) is 23.3 Å². The standard InChI is InChI=1S/C12H14N4OS/c1-8(2)14-10-6-4-3-5-9(10)12(17)15-11-7-13-16-18-11/h3-8,14H,1-2H3,(H,15,17). The van der Waals surface area contributed by atoms with Crippen molar-refractivity contribution in [3.05, 3.63) is 36.0 Å². The zero-order chi connectivity index (χ0) is 13.0.